The third-order valence-electron chi connectivity index (χ3n) is 6.92. The van der Waals surface area contributed by atoms with E-state index in [-0.39, 0.29) is 5.82 Å². The lowest BCUT2D eigenvalue weighted by molar-refractivity contribution is -0.140. The van der Waals surface area contributed by atoms with Gasteiger partial charge in [-0.05, 0) is 25.3 Å². The molecule has 6 rings (SSSR count). The lowest BCUT2D eigenvalue weighted by Gasteiger charge is -2.13. The van der Waals surface area contributed by atoms with Crippen LogP contribution in [0.2, 0.25) is 0 Å². The molecule has 0 radical (unpaired) electrons. The Balaban J connectivity index is 1.38. The maximum Gasteiger partial charge on any atom is 0.434 e. The van der Waals surface area contributed by atoms with E-state index in [1.165, 1.54) is 25.1 Å². The summed E-state index contributed by atoms with van der Waals surface area (Å²) in [6, 6.07) is 6.61. The number of methoxy groups -OCH3 is 1. The molecule has 0 amide bonds. The zero-order valence-corrected chi connectivity index (χ0v) is 21.3. The van der Waals surface area contributed by atoms with Crippen molar-refractivity contribution in [1.29, 1.82) is 0 Å². The number of fused-ring (bicyclic) bond motifs is 1. The number of aryl methyl sites for hydroxylation is 2. The van der Waals surface area contributed by atoms with Gasteiger partial charge in [0.2, 0.25) is 5.88 Å². The first kappa shape index (κ1) is 25.0. The molecule has 4 aromatic heterocycles. The molecule has 200 valence electrons. The number of benzene rings is 1. The van der Waals surface area contributed by atoms with Crippen LogP contribution in [0.5, 0.6) is 5.88 Å². The molecule has 1 aliphatic rings. The van der Waals surface area contributed by atoms with Crippen molar-refractivity contribution in [3.05, 3.63) is 71.2 Å². The van der Waals surface area contributed by atoms with E-state index in [0.29, 0.717) is 56.6 Å². The van der Waals surface area contributed by atoms with Crippen LogP contribution in [0.3, 0.4) is 0 Å². The predicted molar refractivity (Wildman–Crippen MR) is 136 cm³/mol. The molecule has 1 aromatic carbocycles. The summed E-state index contributed by atoms with van der Waals surface area (Å²) in [6.07, 6.45) is 0.540. The molecular weight excluding hydrogens is 511 g/mol. The van der Waals surface area contributed by atoms with E-state index in [1.807, 2.05) is 6.92 Å². The fraction of sp³-hybridized carbons (Fsp3) is 0.296. The number of nitrogens with zero attached hydrogens (tertiary/aromatic N) is 6. The first-order chi connectivity index (χ1) is 18.7. The van der Waals surface area contributed by atoms with Crippen molar-refractivity contribution < 1.29 is 23.0 Å². The van der Waals surface area contributed by atoms with Gasteiger partial charge in [-0.15, -0.1) is 0 Å². The van der Waals surface area contributed by atoms with E-state index >= 15 is 0 Å². The molecule has 0 aliphatic heterocycles. The quantitative estimate of drug-likeness (QED) is 0.311. The Labute approximate surface area is 220 Å². The van der Waals surface area contributed by atoms with Crippen molar-refractivity contribution in [2.75, 3.05) is 7.11 Å². The van der Waals surface area contributed by atoms with Crippen molar-refractivity contribution >= 4 is 11.0 Å². The van der Waals surface area contributed by atoms with Crippen molar-refractivity contribution in [3.63, 3.8) is 0 Å². The highest BCUT2D eigenvalue weighted by Crippen LogP contribution is 2.45. The molecule has 4 heterocycles. The van der Waals surface area contributed by atoms with E-state index in [4.69, 9.17) is 9.72 Å². The van der Waals surface area contributed by atoms with Crippen LogP contribution in [0.4, 0.5) is 13.2 Å². The van der Waals surface area contributed by atoms with Gasteiger partial charge in [0, 0.05) is 36.0 Å². The Morgan fingerprint density at radius 3 is 2.49 bits per heavy atom. The average Bonchev–Trinajstić information content (AvgIpc) is 3.61. The minimum absolute atomic E-state index is 0.175. The Hall–Kier alpha value is -4.32. The molecule has 9 nitrogen and oxygen atoms in total. The number of aromatic nitrogens is 7. The van der Waals surface area contributed by atoms with Gasteiger partial charge in [0.05, 0.1) is 30.0 Å². The maximum absolute atomic E-state index is 13.1. The number of halogens is 3. The molecule has 1 aliphatic carbocycles. The first-order valence-corrected chi connectivity index (χ1v) is 12.3. The highest BCUT2D eigenvalue weighted by molar-refractivity contribution is 5.83. The van der Waals surface area contributed by atoms with Gasteiger partial charge >= 0.3 is 6.18 Å². The number of hydrogen-bond donors (Lipinski definition) is 2. The fourth-order valence-corrected chi connectivity index (χ4v) is 4.85. The summed E-state index contributed by atoms with van der Waals surface area (Å²) in [6.45, 7) is 1.84. The maximum atomic E-state index is 13.1. The SMILES string of the molecule is COc1ncnc(C2CC2)c1-c1ncc2[nH]c(C)c(C(O)c3ccc(-c4nc(C(F)(F)F)cn4C)cc3)c2n1. The van der Waals surface area contributed by atoms with Gasteiger partial charge in [0.1, 0.15) is 23.8 Å². The number of aliphatic hydroxyl groups excluding tert-OH is 1. The largest absolute Gasteiger partial charge is 0.480 e. The van der Waals surface area contributed by atoms with Crippen LogP contribution in [0, 0.1) is 6.92 Å². The molecule has 1 saturated carbocycles. The summed E-state index contributed by atoms with van der Waals surface area (Å²) in [7, 11) is 3.05. The molecule has 12 heteroatoms. The zero-order valence-electron chi connectivity index (χ0n) is 21.3. The van der Waals surface area contributed by atoms with Crippen molar-refractivity contribution in [3.8, 4) is 28.7 Å². The van der Waals surface area contributed by atoms with Gasteiger partial charge in [0.25, 0.3) is 0 Å². The average molecular weight is 536 g/mol. The van der Waals surface area contributed by atoms with Crippen LogP contribution >= 0.6 is 0 Å². The zero-order chi connectivity index (χ0) is 27.5. The monoisotopic (exact) mass is 535 g/mol. The highest BCUT2D eigenvalue weighted by Gasteiger charge is 2.35. The number of alkyl halides is 3. The molecule has 1 atom stereocenters. The van der Waals surface area contributed by atoms with Crippen molar-refractivity contribution in [1.82, 2.24) is 34.5 Å². The normalized spacial score (nSPS) is 14.6. The van der Waals surface area contributed by atoms with Gasteiger partial charge < -0.3 is 19.4 Å². The Kier molecular flexibility index (Phi) is 5.87. The van der Waals surface area contributed by atoms with Crippen molar-refractivity contribution in [2.24, 2.45) is 7.05 Å². The molecule has 0 spiro atoms. The summed E-state index contributed by atoms with van der Waals surface area (Å²) >= 11 is 0. The topological polar surface area (TPSA) is 115 Å². The smallest absolute Gasteiger partial charge is 0.434 e. The number of H-pyrrole nitrogens is 1. The van der Waals surface area contributed by atoms with Crippen molar-refractivity contribution in [2.45, 2.75) is 38.0 Å². The predicted octanol–water partition coefficient (Wildman–Crippen LogP) is 5.11. The molecule has 39 heavy (non-hydrogen) atoms. The van der Waals surface area contributed by atoms with Gasteiger partial charge in [-0.2, -0.15) is 13.2 Å². The van der Waals surface area contributed by atoms with Crippen LogP contribution in [-0.2, 0) is 13.2 Å². The molecule has 1 unspecified atom stereocenters. The summed E-state index contributed by atoms with van der Waals surface area (Å²) < 4.78 is 46.1. The molecule has 5 aromatic rings. The summed E-state index contributed by atoms with van der Waals surface area (Å²) in [5.74, 6) is 1.27. The van der Waals surface area contributed by atoms with Gasteiger partial charge in [-0.3, -0.25) is 0 Å². The summed E-state index contributed by atoms with van der Waals surface area (Å²) in [5.41, 5.74) is 4.04. The van der Waals surface area contributed by atoms with E-state index in [1.54, 1.807) is 30.5 Å². The van der Waals surface area contributed by atoms with Crippen LogP contribution in [0.15, 0.2) is 43.0 Å². The van der Waals surface area contributed by atoms with E-state index in [2.05, 4.69) is 24.9 Å². The molecule has 2 N–H and O–H groups in total. The number of aliphatic hydroxyl groups is 1. The number of aromatic amines is 1. The molecule has 0 bridgehead atoms. The van der Waals surface area contributed by atoms with E-state index in [0.717, 1.165) is 24.7 Å². The molecule has 1 fully saturated rings. The van der Waals surface area contributed by atoms with Gasteiger partial charge in [-0.25, -0.2) is 24.9 Å². The summed E-state index contributed by atoms with van der Waals surface area (Å²) in [4.78, 5) is 25.0. The fourth-order valence-electron chi connectivity index (χ4n) is 4.85. The standard InChI is InChI=1S/C27H24F3N7O2/c1-13-19(23(38)15-6-8-16(9-7-15)25-35-18(11-37(25)2)27(28,29)30)22-17(34-13)10-31-24(36-22)20-21(14-4-5-14)32-12-33-26(20)39-3/h6-12,14,23,34,38H,4-5H2,1-3H3. The van der Waals surface area contributed by atoms with Crippen LogP contribution < -0.4 is 4.74 Å². The Morgan fingerprint density at radius 1 is 1.10 bits per heavy atom. The van der Waals surface area contributed by atoms with E-state index < -0.39 is 18.0 Å². The van der Waals surface area contributed by atoms with Gasteiger partial charge in [-0.1, -0.05) is 24.3 Å². The van der Waals surface area contributed by atoms with Crippen LogP contribution in [0.25, 0.3) is 33.8 Å². The van der Waals surface area contributed by atoms with Crippen LogP contribution in [-0.4, -0.2) is 46.7 Å². The second kappa shape index (κ2) is 9.16. The number of ether oxygens (including phenoxy) is 1. The third kappa shape index (κ3) is 4.40. The Bertz CT molecular complexity index is 1690. The second-order valence-corrected chi connectivity index (χ2v) is 9.62. The third-order valence-corrected chi connectivity index (χ3v) is 6.92. The number of imidazole rings is 1. The molecule has 0 saturated heterocycles. The van der Waals surface area contributed by atoms with Crippen LogP contribution in [0.1, 0.15) is 53.1 Å². The van der Waals surface area contributed by atoms with E-state index in [9.17, 15) is 18.3 Å². The van der Waals surface area contributed by atoms with Gasteiger partial charge in [0.15, 0.2) is 11.5 Å². The number of hydrogen-bond acceptors (Lipinski definition) is 7. The Morgan fingerprint density at radius 2 is 1.85 bits per heavy atom. The summed E-state index contributed by atoms with van der Waals surface area (Å²) in [5, 5.41) is 11.4. The lowest BCUT2D eigenvalue weighted by atomic mass is 9.99. The first-order valence-electron chi connectivity index (χ1n) is 12.3. The highest BCUT2D eigenvalue weighted by atomic mass is 19.4. The number of nitrogens with one attached hydrogen (secondary N) is 1. The number of rotatable bonds is 6. The second-order valence-electron chi connectivity index (χ2n) is 9.62. The lowest BCUT2D eigenvalue weighted by Crippen LogP contribution is -2.05. The minimum atomic E-state index is -4.53. The minimum Gasteiger partial charge on any atom is -0.480 e. The molecular formula is C27H24F3N7O2.